The molecule has 0 radical (unpaired) electrons. The van der Waals surface area contributed by atoms with E-state index in [1.165, 1.54) is 12.5 Å². The molecular weight excluding hydrogens is 422 g/mol. The molecule has 170 valence electrons. The molecule has 3 rings (SSSR count). The van der Waals surface area contributed by atoms with E-state index >= 15 is 0 Å². The van der Waals surface area contributed by atoms with Gasteiger partial charge in [-0.3, -0.25) is 0 Å². The van der Waals surface area contributed by atoms with E-state index < -0.39 is 35.4 Å². The maximum absolute atomic E-state index is 14.5. The number of hydrogen-bond acceptors (Lipinski definition) is 2. The lowest BCUT2D eigenvalue weighted by Crippen LogP contribution is -2.24. The smallest absolute Gasteiger partial charge is 0.429 e. The van der Waals surface area contributed by atoms with Gasteiger partial charge in [0.25, 0.3) is 0 Å². The first-order valence-electron chi connectivity index (χ1n) is 10.3. The van der Waals surface area contributed by atoms with Crippen LogP contribution in [0.4, 0.5) is 26.3 Å². The van der Waals surface area contributed by atoms with E-state index in [4.69, 9.17) is 0 Å². The summed E-state index contributed by atoms with van der Waals surface area (Å²) in [7, 11) is 0. The van der Waals surface area contributed by atoms with Crippen LogP contribution in [0, 0.1) is 11.7 Å². The van der Waals surface area contributed by atoms with Crippen molar-refractivity contribution in [1.82, 2.24) is 0 Å². The first-order valence-corrected chi connectivity index (χ1v) is 10.3. The number of ether oxygens (including phenoxy) is 2. The first-order chi connectivity index (χ1) is 14.6. The number of alkyl halides is 5. The highest BCUT2D eigenvalue weighted by Gasteiger charge is 2.38. The van der Waals surface area contributed by atoms with Crippen molar-refractivity contribution in [2.45, 2.75) is 63.8 Å². The average molecular weight is 446 g/mol. The second kappa shape index (κ2) is 9.40. The highest BCUT2D eigenvalue weighted by molar-refractivity contribution is 5.34. The number of hydrogen-bond donors (Lipinski definition) is 0. The van der Waals surface area contributed by atoms with E-state index in [1.807, 2.05) is 0 Å². The third-order valence-electron chi connectivity index (χ3n) is 5.63. The monoisotopic (exact) mass is 446 g/mol. The van der Waals surface area contributed by atoms with Gasteiger partial charge < -0.3 is 9.47 Å². The summed E-state index contributed by atoms with van der Waals surface area (Å²) < 4.78 is 88.4. The molecule has 1 fully saturated rings. The maximum atomic E-state index is 14.5. The molecule has 0 spiro atoms. The minimum atomic E-state index is -4.90. The zero-order valence-electron chi connectivity index (χ0n) is 17.0. The quantitative estimate of drug-likeness (QED) is 0.402. The van der Waals surface area contributed by atoms with Gasteiger partial charge in [-0.2, -0.15) is 8.78 Å². The van der Waals surface area contributed by atoms with E-state index in [0.29, 0.717) is 11.5 Å². The van der Waals surface area contributed by atoms with E-state index in [2.05, 4.69) is 16.4 Å². The molecule has 0 heterocycles. The van der Waals surface area contributed by atoms with Gasteiger partial charge in [-0.05, 0) is 79.5 Å². The van der Waals surface area contributed by atoms with Crippen molar-refractivity contribution in [3.63, 3.8) is 0 Å². The van der Waals surface area contributed by atoms with Crippen LogP contribution in [0.3, 0.4) is 0 Å². The molecule has 0 saturated heterocycles. The second-order valence-electron chi connectivity index (χ2n) is 7.88. The summed E-state index contributed by atoms with van der Waals surface area (Å²) in [4.78, 5) is 0. The summed E-state index contributed by atoms with van der Waals surface area (Å²) in [5, 5.41) is 0. The Morgan fingerprint density at radius 2 is 1.42 bits per heavy atom. The summed E-state index contributed by atoms with van der Waals surface area (Å²) in [6, 6.07) is 7.13. The Kier molecular flexibility index (Phi) is 7.06. The van der Waals surface area contributed by atoms with E-state index in [-0.39, 0.29) is 5.92 Å². The Morgan fingerprint density at radius 3 is 1.94 bits per heavy atom. The van der Waals surface area contributed by atoms with Crippen LogP contribution in [-0.4, -0.2) is 6.36 Å². The van der Waals surface area contributed by atoms with Crippen molar-refractivity contribution in [3.8, 4) is 11.5 Å². The largest absolute Gasteiger partial charge is 0.573 e. The van der Waals surface area contributed by atoms with Crippen LogP contribution in [-0.2, 0) is 6.11 Å². The molecule has 0 atom stereocenters. The van der Waals surface area contributed by atoms with Crippen molar-refractivity contribution in [3.05, 3.63) is 59.4 Å². The molecule has 1 aliphatic rings. The molecule has 0 unspecified atom stereocenters. The SMILES string of the molecule is CCC[C@H]1CC[C@H](c2ccc(C(F)(F)Oc3ccc(OC(F)(F)F)cc3)c(F)c2)CC1. The normalized spacial score (nSPS) is 19.8. The summed E-state index contributed by atoms with van der Waals surface area (Å²) in [5.74, 6) is -1.25. The van der Waals surface area contributed by atoms with Gasteiger partial charge >= 0.3 is 12.5 Å². The fourth-order valence-electron chi connectivity index (χ4n) is 4.13. The second-order valence-corrected chi connectivity index (χ2v) is 7.88. The van der Waals surface area contributed by atoms with Crippen molar-refractivity contribution >= 4 is 0 Å². The minimum absolute atomic E-state index is 0.146. The molecule has 0 bridgehead atoms. The Morgan fingerprint density at radius 1 is 0.839 bits per heavy atom. The van der Waals surface area contributed by atoms with Gasteiger partial charge in [0.05, 0.1) is 5.56 Å². The molecule has 8 heteroatoms. The lowest BCUT2D eigenvalue weighted by atomic mass is 9.77. The maximum Gasteiger partial charge on any atom is 0.573 e. The predicted molar refractivity (Wildman–Crippen MR) is 104 cm³/mol. The lowest BCUT2D eigenvalue weighted by Gasteiger charge is -2.29. The van der Waals surface area contributed by atoms with Gasteiger partial charge in [0.15, 0.2) is 0 Å². The van der Waals surface area contributed by atoms with Gasteiger partial charge in [0, 0.05) is 0 Å². The van der Waals surface area contributed by atoms with Crippen LogP contribution in [0.1, 0.15) is 62.5 Å². The molecule has 2 aromatic carbocycles. The topological polar surface area (TPSA) is 18.5 Å². The summed E-state index contributed by atoms with van der Waals surface area (Å²) >= 11 is 0. The van der Waals surface area contributed by atoms with Crippen LogP contribution in [0.5, 0.6) is 11.5 Å². The van der Waals surface area contributed by atoms with E-state index in [1.54, 1.807) is 0 Å². The molecule has 0 aliphatic heterocycles. The molecule has 2 nitrogen and oxygen atoms in total. The molecule has 31 heavy (non-hydrogen) atoms. The van der Waals surface area contributed by atoms with Gasteiger partial charge in [-0.15, -0.1) is 13.2 Å². The van der Waals surface area contributed by atoms with Gasteiger partial charge in [0.2, 0.25) is 0 Å². The van der Waals surface area contributed by atoms with Crippen LogP contribution in [0.25, 0.3) is 0 Å². The average Bonchev–Trinajstić information content (AvgIpc) is 2.69. The highest BCUT2D eigenvalue weighted by Crippen LogP contribution is 2.40. The van der Waals surface area contributed by atoms with Gasteiger partial charge in [-0.1, -0.05) is 25.8 Å². The number of rotatable bonds is 7. The molecule has 1 aliphatic carbocycles. The minimum Gasteiger partial charge on any atom is -0.429 e. The van der Waals surface area contributed by atoms with Crippen LogP contribution >= 0.6 is 0 Å². The fourth-order valence-corrected chi connectivity index (χ4v) is 4.13. The Balaban J connectivity index is 1.67. The summed E-state index contributed by atoms with van der Waals surface area (Å²) in [6.07, 6.45) is -2.67. The predicted octanol–water partition coefficient (Wildman–Crippen LogP) is 7.93. The number of benzene rings is 2. The van der Waals surface area contributed by atoms with Crippen LogP contribution < -0.4 is 9.47 Å². The Hall–Kier alpha value is -2.38. The fraction of sp³-hybridized carbons (Fsp3) is 0.478. The molecule has 2 aromatic rings. The molecule has 0 amide bonds. The lowest BCUT2D eigenvalue weighted by molar-refractivity contribution is -0.274. The van der Waals surface area contributed by atoms with Crippen molar-refractivity contribution in [1.29, 1.82) is 0 Å². The standard InChI is InChI=1S/C23H24F6O2/c1-2-3-15-4-6-16(7-5-15)17-8-13-20(21(24)14-17)22(25,26)30-18-9-11-19(12-10-18)31-23(27,28)29/h8-16H,2-7H2,1H3/t15-,16-. The summed E-state index contributed by atoms with van der Waals surface area (Å²) in [6.45, 7) is 2.15. The van der Waals surface area contributed by atoms with Crippen LogP contribution in [0.15, 0.2) is 42.5 Å². The Labute approximate surface area is 177 Å². The first kappa shape index (κ1) is 23.3. The van der Waals surface area contributed by atoms with Crippen molar-refractivity contribution < 1.29 is 35.8 Å². The van der Waals surface area contributed by atoms with E-state index in [9.17, 15) is 26.3 Å². The summed E-state index contributed by atoms with van der Waals surface area (Å²) in [5.41, 5.74) is -0.229. The molecule has 0 aromatic heterocycles. The highest BCUT2D eigenvalue weighted by atomic mass is 19.4. The van der Waals surface area contributed by atoms with Crippen molar-refractivity contribution in [2.75, 3.05) is 0 Å². The van der Waals surface area contributed by atoms with Crippen molar-refractivity contribution in [2.24, 2.45) is 5.92 Å². The van der Waals surface area contributed by atoms with Gasteiger partial charge in [0.1, 0.15) is 17.3 Å². The Bertz CT molecular complexity index is 855. The zero-order chi connectivity index (χ0) is 22.6. The molecular formula is C23H24F6O2. The zero-order valence-corrected chi connectivity index (χ0v) is 17.0. The molecule has 0 N–H and O–H groups in total. The van der Waals surface area contributed by atoms with Gasteiger partial charge in [-0.25, -0.2) is 4.39 Å². The number of halogens is 6. The van der Waals surface area contributed by atoms with Crippen LogP contribution in [0.2, 0.25) is 0 Å². The third-order valence-corrected chi connectivity index (χ3v) is 5.63. The molecule has 1 saturated carbocycles. The van der Waals surface area contributed by atoms with E-state index in [0.717, 1.165) is 68.5 Å². The third kappa shape index (κ3) is 6.31.